The standard InChI is InChI=1S/C11H20N4O4/c1-14(2)11(18)15-6-5-12-7-8(15)9(16)3-4-10(17)13-19/h8,12,19H,3-7H2,1-2H3,(H,13,17)/t8-/m0/s1. The van der Waals surface area contributed by atoms with E-state index in [1.165, 1.54) is 15.3 Å². The van der Waals surface area contributed by atoms with Gasteiger partial charge in [0.1, 0.15) is 6.04 Å². The monoisotopic (exact) mass is 272 g/mol. The molecular weight excluding hydrogens is 252 g/mol. The molecule has 0 aromatic rings. The maximum atomic E-state index is 12.0. The van der Waals surface area contributed by atoms with Gasteiger partial charge in [-0.2, -0.15) is 0 Å². The lowest BCUT2D eigenvalue weighted by molar-refractivity contribution is -0.132. The van der Waals surface area contributed by atoms with Gasteiger partial charge >= 0.3 is 6.03 Å². The summed E-state index contributed by atoms with van der Waals surface area (Å²) < 4.78 is 0. The highest BCUT2D eigenvalue weighted by Crippen LogP contribution is 2.10. The first-order valence-electron chi connectivity index (χ1n) is 6.11. The van der Waals surface area contributed by atoms with Crippen molar-refractivity contribution in [2.24, 2.45) is 0 Å². The molecule has 1 aliphatic rings. The van der Waals surface area contributed by atoms with Gasteiger partial charge in [0.05, 0.1) is 0 Å². The summed E-state index contributed by atoms with van der Waals surface area (Å²) in [6.45, 7) is 1.49. The Morgan fingerprint density at radius 2 is 2.05 bits per heavy atom. The van der Waals surface area contributed by atoms with Gasteiger partial charge in [-0.25, -0.2) is 10.3 Å². The Kier molecular flexibility index (Phi) is 5.71. The fourth-order valence-electron chi connectivity index (χ4n) is 1.94. The first kappa shape index (κ1) is 15.4. The van der Waals surface area contributed by atoms with E-state index in [-0.39, 0.29) is 24.7 Å². The highest BCUT2D eigenvalue weighted by molar-refractivity contribution is 5.91. The van der Waals surface area contributed by atoms with Gasteiger partial charge in [0.2, 0.25) is 5.91 Å². The first-order valence-corrected chi connectivity index (χ1v) is 6.11. The molecule has 108 valence electrons. The minimum atomic E-state index is -0.609. The Labute approximate surface area is 111 Å². The third-order valence-electron chi connectivity index (χ3n) is 2.97. The zero-order valence-electron chi connectivity index (χ0n) is 11.2. The predicted octanol–water partition coefficient (Wildman–Crippen LogP) is -1.20. The third-order valence-corrected chi connectivity index (χ3v) is 2.97. The number of nitrogens with one attached hydrogen (secondary N) is 2. The molecule has 1 heterocycles. The van der Waals surface area contributed by atoms with Gasteiger partial charge in [0, 0.05) is 46.6 Å². The summed E-state index contributed by atoms with van der Waals surface area (Å²) in [6, 6.07) is -0.776. The summed E-state index contributed by atoms with van der Waals surface area (Å²) in [5.74, 6) is -0.798. The van der Waals surface area contributed by atoms with Crippen molar-refractivity contribution in [1.29, 1.82) is 0 Å². The lowest BCUT2D eigenvalue weighted by Crippen LogP contribution is -2.59. The second-order valence-electron chi connectivity index (χ2n) is 4.59. The Balaban J connectivity index is 2.63. The maximum absolute atomic E-state index is 12.0. The zero-order chi connectivity index (χ0) is 14.4. The SMILES string of the molecule is CN(C)C(=O)N1CCNC[C@H]1C(=O)CCC(=O)NO. The number of hydroxylamine groups is 1. The molecule has 0 aliphatic carbocycles. The summed E-state index contributed by atoms with van der Waals surface area (Å²) in [4.78, 5) is 37.8. The molecule has 8 heteroatoms. The number of carbonyl (C=O) groups excluding carboxylic acids is 3. The average molecular weight is 272 g/mol. The summed E-state index contributed by atoms with van der Waals surface area (Å²) in [7, 11) is 3.26. The topological polar surface area (TPSA) is 102 Å². The van der Waals surface area contributed by atoms with E-state index in [1.807, 2.05) is 0 Å². The first-order chi connectivity index (χ1) is 8.97. The molecule has 0 spiro atoms. The average Bonchev–Trinajstić information content (AvgIpc) is 2.43. The Hall–Kier alpha value is -1.67. The molecule has 19 heavy (non-hydrogen) atoms. The Morgan fingerprint density at radius 1 is 1.37 bits per heavy atom. The molecule has 1 atom stereocenters. The van der Waals surface area contributed by atoms with Crippen LogP contribution in [0.25, 0.3) is 0 Å². The van der Waals surface area contributed by atoms with Crippen molar-refractivity contribution in [3.05, 3.63) is 0 Å². The largest absolute Gasteiger partial charge is 0.331 e. The van der Waals surface area contributed by atoms with Gasteiger partial charge in [0.15, 0.2) is 5.78 Å². The van der Waals surface area contributed by atoms with E-state index in [0.29, 0.717) is 19.6 Å². The summed E-state index contributed by atoms with van der Waals surface area (Å²) in [6.07, 6.45) is -0.0915. The van der Waals surface area contributed by atoms with Crippen LogP contribution >= 0.6 is 0 Å². The van der Waals surface area contributed by atoms with Crippen LogP contribution in [0.3, 0.4) is 0 Å². The molecule has 0 unspecified atom stereocenters. The van der Waals surface area contributed by atoms with E-state index in [2.05, 4.69) is 5.32 Å². The van der Waals surface area contributed by atoms with Gasteiger partial charge in [-0.15, -0.1) is 0 Å². The number of ketones is 1. The van der Waals surface area contributed by atoms with Gasteiger partial charge in [-0.1, -0.05) is 0 Å². The van der Waals surface area contributed by atoms with Gasteiger partial charge in [-0.05, 0) is 0 Å². The summed E-state index contributed by atoms with van der Waals surface area (Å²) in [5.41, 5.74) is 1.48. The zero-order valence-corrected chi connectivity index (χ0v) is 11.2. The summed E-state index contributed by atoms with van der Waals surface area (Å²) in [5, 5.41) is 11.4. The van der Waals surface area contributed by atoms with Crippen molar-refractivity contribution >= 4 is 17.7 Å². The predicted molar refractivity (Wildman–Crippen MR) is 66.6 cm³/mol. The Bertz CT molecular complexity index is 359. The minimum Gasteiger partial charge on any atom is -0.331 e. The van der Waals surface area contributed by atoms with Crippen molar-refractivity contribution < 1.29 is 19.6 Å². The quantitative estimate of drug-likeness (QED) is 0.440. The van der Waals surface area contributed by atoms with E-state index < -0.39 is 11.9 Å². The van der Waals surface area contributed by atoms with E-state index in [1.54, 1.807) is 14.1 Å². The van der Waals surface area contributed by atoms with E-state index >= 15 is 0 Å². The lowest BCUT2D eigenvalue weighted by atomic mass is 10.0. The molecule has 0 aromatic carbocycles. The van der Waals surface area contributed by atoms with Crippen LogP contribution in [-0.2, 0) is 9.59 Å². The molecule has 0 aromatic heterocycles. The van der Waals surface area contributed by atoms with E-state index in [9.17, 15) is 14.4 Å². The number of hydrogen-bond donors (Lipinski definition) is 3. The van der Waals surface area contributed by atoms with Crippen LogP contribution in [0.5, 0.6) is 0 Å². The molecule has 0 saturated carbocycles. The van der Waals surface area contributed by atoms with Crippen molar-refractivity contribution in [1.82, 2.24) is 20.6 Å². The number of urea groups is 1. The molecule has 3 amide bonds. The molecule has 3 N–H and O–H groups in total. The van der Waals surface area contributed by atoms with Crippen LogP contribution in [0.15, 0.2) is 0 Å². The maximum Gasteiger partial charge on any atom is 0.320 e. The number of carbonyl (C=O) groups is 3. The molecule has 0 radical (unpaired) electrons. The van der Waals surface area contributed by atoms with Crippen molar-refractivity contribution in [3.8, 4) is 0 Å². The van der Waals surface area contributed by atoms with E-state index in [4.69, 9.17) is 5.21 Å². The fourth-order valence-corrected chi connectivity index (χ4v) is 1.94. The number of Topliss-reactive ketones (excluding diaryl/α,β-unsaturated/α-hetero) is 1. The van der Waals surface area contributed by atoms with Gasteiger partial charge in [-0.3, -0.25) is 14.8 Å². The second-order valence-corrected chi connectivity index (χ2v) is 4.59. The number of rotatable bonds is 4. The number of piperazine rings is 1. The van der Waals surface area contributed by atoms with E-state index in [0.717, 1.165) is 0 Å². The highest BCUT2D eigenvalue weighted by Gasteiger charge is 2.32. The molecule has 1 saturated heterocycles. The van der Waals surface area contributed by atoms with Crippen LogP contribution < -0.4 is 10.8 Å². The lowest BCUT2D eigenvalue weighted by Gasteiger charge is -2.36. The van der Waals surface area contributed by atoms with Crippen LogP contribution in [0, 0.1) is 0 Å². The van der Waals surface area contributed by atoms with Crippen molar-refractivity contribution in [3.63, 3.8) is 0 Å². The van der Waals surface area contributed by atoms with Crippen molar-refractivity contribution in [2.45, 2.75) is 18.9 Å². The van der Waals surface area contributed by atoms with Gasteiger partial charge in [0.25, 0.3) is 0 Å². The number of nitrogens with zero attached hydrogens (tertiary/aromatic N) is 2. The Morgan fingerprint density at radius 3 is 2.63 bits per heavy atom. The van der Waals surface area contributed by atoms with Crippen LogP contribution in [0.2, 0.25) is 0 Å². The highest BCUT2D eigenvalue weighted by atomic mass is 16.5. The van der Waals surface area contributed by atoms with Crippen molar-refractivity contribution in [2.75, 3.05) is 33.7 Å². The molecule has 8 nitrogen and oxygen atoms in total. The fraction of sp³-hybridized carbons (Fsp3) is 0.727. The molecule has 1 rings (SSSR count). The smallest absolute Gasteiger partial charge is 0.320 e. The normalized spacial score (nSPS) is 18.9. The molecule has 1 fully saturated rings. The van der Waals surface area contributed by atoms with Gasteiger partial charge < -0.3 is 15.1 Å². The van der Waals surface area contributed by atoms with Crippen LogP contribution in [-0.4, -0.2) is 72.5 Å². The number of amides is 3. The van der Waals surface area contributed by atoms with Crippen LogP contribution in [0.4, 0.5) is 4.79 Å². The minimum absolute atomic E-state index is 0.00402. The second kappa shape index (κ2) is 7.05. The molecular formula is C11H20N4O4. The van der Waals surface area contributed by atoms with Crippen LogP contribution in [0.1, 0.15) is 12.8 Å². The molecule has 0 bridgehead atoms. The number of hydrogen-bond acceptors (Lipinski definition) is 5. The third kappa shape index (κ3) is 4.18. The summed E-state index contributed by atoms with van der Waals surface area (Å²) >= 11 is 0. The molecule has 1 aliphatic heterocycles.